The van der Waals surface area contributed by atoms with E-state index in [2.05, 4.69) is 10.3 Å². The van der Waals surface area contributed by atoms with Gasteiger partial charge in [0.05, 0.1) is 15.1 Å². The van der Waals surface area contributed by atoms with Crippen LogP contribution in [0.3, 0.4) is 0 Å². The first kappa shape index (κ1) is 18.3. The van der Waals surface area contributed by atoms with Gasteiger partial charge in [0, 0.05) is 24.3 Å². The number of pyridine rings is 1. The summed E-state index contributed by atoms with van der Waals surface area (Å²) in [4.78, 5) is 29.9. The number of benzene rings is 1. The zero-order valence-electron chi connectivity index (χ0n) is 12.7. The Morgan fingerprint density at radius 1 is 1.12 bits per heavy atom. The van der Waals surface area contributed by atoms with Crippen LogP contribution in [0.15, 0.2) is 24.3 Å². The van der Waals surface area contributed by atoms with E-state index < -0.39 is 5.91 Å². The van der Waals surface area contributed by atoms with E-state index in [-0.39, 0.29) is 31.8 Å². The summed E-state index contributed by atoms with van der Waals surface area (Å²) < 4.78 is 0. The molecule has 2 heterocycles. The molecule has 1 aliphatic heterocycles. The minimum atomic E-state index is -0.588. The maximum atomic E-state index is 12.4. The number of amides is 2. The standard InChI is InChI=1S/C16H11Cl4N3O2/c17-11-12(18)14(22-15(20)13(11)19)16(25)21-8-3-1-4-9(7-8)23-6-2-5-10(23)24/h1,3-4,7H,2,5-6H2,(H,21,25). The molecule has 2 amide bonds. The van der Waals surface area contributed by atoms with Crippen molar-refractivity contribution in [3.63, 3.8) is 0 Å². The minimum absolute atomic E-state index is 0.0144. The third kappa shape index (κ3) is 3.70. The van der Waals surface area contributed by atoms with E-state index in [1.54, 1.807) is 29.2 Å². The average Bonchev–Trinajstić information content (AvgIpc) is 3.02. The van der Waals surface area contributed by atoms with Crippen LogP contribution < -0.4 is 10.2 Å². The predicted molar refractivity (Wildman–Crippen MR) is 100 cm³/mol. The predicted octanol–water partition coefficient (Wildman–Crippen LogP) is 5.07. The SMILES string of the molecule is O=C(Nc1cccc(N2CCCC2=O)c1)c1nc(Cl)c(Cl)c(Cl)c1Cl. The van der Waals surface area contributed by atoms with E-state index in [0.29, 0.717) is 24.3 Å². The molecule has 130 valence electrons. The second-order valence-corrected chi connectivity index (χ2v) is 6.84. The number of nitrogens with one attached hydrogen (secondary N) is 1. The summed E-state index contributed by atoms with van der Waals surface area (Å²) in [6.07, 6.45) is 1.34. The Morgan fingerprint density at radius 3 is 2.56 bits per heavy atom. The van der Waals surface area contributed by atoms with Crippen LogP contribution in [-0.4, -0.2) is 23.3 Å². The van der Waals surface area contributed by atoms with Crippen molar-refractivity contribution in [3.8, 4) is 0 Å². The molecule has 0 radical (unpaired) electrons. The van der Waals surface area contributed by atoms with Crippen molar-refractivity contribution in [3.05, 3.63) is 50.2 Å². The van der Waals surface area contributed by atoms with Crippen molar-refractivity contribution in [1.82, 2.24) is 4.98 Å². The number of carbonyl (C=O) groups is 2. The molecule has 2 aromatic rings. The number of nitrogens with zero attached hydrogens (tertiary/aromatic N) is 2. The number of carbonyl (C=O) groups excluding carboxylic acids is 2. The van der Waals surface area contributed by atoms with Gasteiger partial charge in [0.1, 0.15) is 10.8 Å². The molecule has 0 saturated carbocycles. The lowest BCUT2D eigenvalue weighted by molar-refractivity contribution is -0.117. The minimum Gasteiger partial charge on any atom is -0.321 e. The molecular formula is C16H11Cl4N3O2. The average molecular weight is 419 g/mol. The number of anilines is 2. The second kappa shape index (κ2) is 7.38. The summed E-state index contributed by atoms with van der Waals surface area (Å²) in [5, 5.41) is 2.42. The van der Waals surface area contributed by atoms with Gasteiger partial charge in [-0.05, 0) is 24.6 Å². The highest BCUT2D eigenvalue weighted by Crippen LogP contribution is 2.36. The normalized spacial score (nSPS) is 14.1. The molecule has 1 aliphatic rings. The third-order valence-electron chi connectivity index (χ3n) is 3.69. The smallest absolute Gasteiger partial charge is 0.275 e. The summed E-state index contributed by atoms with van der Waals surface area (Å²) in [6.45, 7) is 0.659. The van der Waals surface area contributed by atoms with E-state index in [1.165, 1.54) is 0 Å². The lowest BCUT2D eigenvalue weighted by Crippen LogP contribution is -2.23. The topological polar surface area (TPSA) is 62.3 Å². The van der Waals surface area contributed by atoms with E-state index in [0.717, 1.165) is 6.42 Å². The van der Waals surface area contributed by atoms with E-state index >= 15 is 0 Å². The molecule has 1 saturated heterocycles. The molecule has 1 aromatic carbocycles. The second-order valence-electron chi connectivity index (χ2n) is 5.35. The van der Waals surface area contributed by atoms with Gasteiger partial charge in [-0.25, -0.2) is 4.98 Å². The Morgan fingerprint density at radius 2 is 1.88 bits per heavy atom. The fraction of sp³-hybridized carbons (Fsp3) is 0.188. The molecule has 0 bridgehead atoms. The van der Waals surface area contributed by atoms with Crippen LogP contribution >= 0.6 is 46.4 Å². The van der Waals surface area contributed by atoms with Gasteiger partial charge in [-0.2, -0.15) is 0 Å². The van der Waals surface area contributed by atoms with Crippen LogP contribution in [0.1, 0.15) is 23.3 Å². The van der Waals surface area contributed by atoms with Crippen molar-refractivity contribution in [2.24, 2.45) is 0 Å². The number of hydrogen-bond acceptors (Lipinski definition) is 3. The summed E-state index contributed by atoms with van der Waals surface area (Å²) >= 11 is 23.7. The maximum Gasteiger partial charge on any atom is 0.275 e. The molecule has 0 unspecified atom stereocenters. The Kier molecular flexibility index (Phi) is 5.39. The Labute approximate surface area is 163 Å². The fourth-order valence-corrected chi connectivity index (χ4v) is 3.31. The van der Waals surface area contributed by atoms with Gasteiger partial charge in [0.15, 0.2) is 0 Å². The van der Waals surface area contributed by atoms with Gasteiger partial charge in [0.2, 0.25) is 5.91 Å². The summed E-state index contributed by atoms with van der Waals surface area (Å²) in [5.41, 5.74) is 1.07. The largest absolute Gasteiger partial charge is 0.321 e. The highest BCUT2D eigenvalue weighted by Gasteiger charge is 2.23. The molecule has 0 spiro atoms. The van der Waals surface area contributed by atoms with Crippen LogP contribution in [0.25, 0.3) is 0 Å². The first-order valence-electron chi connectivity index (χ1n) is 7.30. The molecular weight excluding hydrogens is 408 g/mol. The molecule has 25 heavy (non-hydrogen) atoms. The molecule has 0 aliphatic carbocycles. The zero-order chi connectivity index (χ0) is 18.1. The molecule has 1 N–H and O–H groups in total. The molecule has 1 fully saturated rings. The van der Waals surface area contributed by atoms with Crippen molar-refractivity contribution in [2.75, 3.05) is 16.8 Å². The lowest BCUT2D eigenvalue weighted by Gasteiger charge is -2.17. The highest BCUT2D eigenvalue weighted by atomic mass is 35.5. The van der Waals surface area contributed by atoms with E-state index in [9.17, 15) is 9.59 Å². The van der Waals surface area contributed by atoms with Crippen molar-refractivity contribution in [1.29, 1.82) is 0 Å². The van der Waals surface area contributed by atoms with Gasteiger partial charge in [0.25, 0.3) is 5.91 Å². The fourth-order valence-electron chi connectivity index (χ4n) is 2.50. The maximum absolute atomic E-state index is 12.4. The third-order valence-corrected chi connectivity index (χ3v) is 5.37. The van der Waals surface area contributed by atoms with Gasteiger partial charge in [-0.3, -0.25) is 9.59 Å². The monoisotopic (exact) mass is 417 g/mol. The van der Waals surface area contributed by atoms with Crippen LogP contribution in [0.2, 0.25) is 20.2 Å². The number of aromatic nitrogens is 1. The summed E-state index contributed by atoms with van der Waals surface area (Å²) in [7, 11) is 0. The first-order chi connectivity index (χ1) is 11.9. The van der Waals surface area contributed by atoms with Crippen molar-refractivity contribution < 1.29 is 9.59 Å². The Bertz CT molecular complexity index is 873. The van der Waals surface area contributed by atoms with Crippen LogP contribution in [0.4, 0.5) is 11.4 Å². The molecule has 0 atom stereocenters. The van der Waals surface area contributed by atoms with E-state index in [1.807, 2.05) is 0 Å². The quantitative estimate of drug-likeness (QED) is 0.707. The zero-order valence-corrected chi connectivity index (χ0v) is 15.7. The number of halogens is 4. The van der Waals surface area contributed by atoms with Gasteiger partial charge in [-0.1, -0.05) is 52.5 Å². The molecule has 1 aromatic heterocycles. The summed E-state index contributed by atoms with van der Waals surface area (Å²) in [6, 6.07) is 6.94. The number of hydrogen-bond donors (Lipinski definition) is 1. The summed E-state index contributed by atoms with van der Waals surface area (Å²) in [5.74, 6) is -0.528. The Hall–Kier alpha value is -1.53. The van der Waals surface area contributed by atoms with Gasteiger partial charge in [-0.15, -0.1) is 0 Å². The van der Waals surface area contributed by atoms with Gasteiger partial charge < -0.3 is 10.2 Å². The van der Waals surface area contributed by atoms with E-state index in [4.69, 9.17) is 46.4 Å². The Balaban J connectivity index is 1.86. The molecule has 5 nitrogen and oxygen atoms in total. The number of rotatable bonds is 3. The highest BCUT2D eigenvalue weighted by molar-refractivity contribution is 6.52. The van der Waals surface area contributed by atoms with Crippen LogP contribution in [0.5, 0.6) is 0 Å². The van der Waals surface area contributed by atoms with Crippen LogP contribution in [-0.2, 0) is 4.79 Å². The van der Waals surface area contributed by atoms with Crippen molar-refractivity contribution >= 4 is 69.6 Å². The van der Waals surface area contributed by atoms with Crippen LogP contribution in [0, 0.1) is 0 Å². The van der Waals surface area contributed by atoms with Gasteiger partial charge >= 0.3 is 0 Å². The lowest BCUT2D eigenvalue weighted by atomic mass is 10.2. The first-order valence-corrected chi connectivity index (χ1v) is 8.81. The molecule has 3 rings (SSSR count). The molecule has 9 heteroatoms. The van der Waals surface area contributed by atoms with Crippen molar-refractivity contribution in [2.45, 2.75) is 12.8 Å².